The number of ketones is 1. The lowest BCUT2D eigenvalue weighted by molar-refractivity contribution is -0.119. The molecule has 1 fully saturated rings. The molecule has 1 aromatic heterocycles. The molecule has 2 aromatic rings. The molecule has 1 aromatic carbocycles. The predicted molar refractivity (Wildman–Crippen MR) is 105 cm³/mol. The fraction of sp³-hybridized carbons (Fsp3) is 0.429. The van der Waals surface area contributed by atoms with Crippen molar-refractivity contribution < 1.29 is 18.7 Å². The Morgan fingerprint density at radius 2 is 2.14 bits per heavy atom. The van der Waals surface area contributed by atoms with Crippen LogP contribution < -0.4 is 5.32 Å². The highest BCUT2D eigenvalue weighted by Crippen LogP contribution is 2.20. The molecule has 28 heavy (non-hydrogen) atoms. The minimum atomic E-state index is -0.342. The molecule has 1 atom stereocenters. The number of carbonyl (C=O) groups excluding carboxylic acids is 2. The third-order valence-corrected chi connectivity index (χ3v) is 5.19. The molecule has 0 aliphatic carbocycles. The average Bonchev–Trinajstić information content (AvgIpc) is 3.02. The van der Waals surface area contributed by atoms with Gasteiger partial charge in [-0.25, -0.2) is 4.39 Å². The van der Waals surface area contributed by atoms with E-state index in [-0.39, 0.29) is 30.0 Å². The highest BCUT2D eigenvalue weighted by Gasteiger charge is 2.26. The van der Waals surface area contributed by atoms with Crippen LogP contribution in [0.4, 0.5) is 10.1 Å². The zero-order valence-electron chi connectivity index (χ0n) is 16.5. The van der Waals surface area contributed by atoms with E-state index < -0.39 is 0 Å². The second-order valence-corrected chi connectivity index (χ2v) is 7.25. The summed E-state index contributed by atoms with van der Waals surface area (Å²) in [6.07, 6.45) is 2.08. The first-order chi connectivity index (χ1) is 13.3. The highest BCUT2D eigenvalue weighted by atomic mass is 19.1. The number of carbonyl (C=O) groups is 2. The number of Topliss-reactive ketones (excluding diaryl/α,β-unsaturated/α-hetero) is 1. The standard InChI is InChI=1S/C21H26FN3O3/c1-14-19(22)5-4-6-20(14)23-21(27)10-18-13-28-8-7-25(18)12-17-9-16(15(2)26)11-24(17)3/h4-6,9,11,18H,7-8,10,12-13H2,1-3H3,(H,23,27)/t18-/m1/s1. The monoisotopic (exact) mass is 387 g/mol. The van der Waals surface area contributed by atoms with E-state index in [0.29, 0.717) is 43.1 Å². The molecule has 0 bridgehead atoms. The van der Waals surface area contributed by atoms with Gasteiger partial charge in [0.05, 0.1) is 13.2 Å². The second kappa shape index (κ2) is 8.67. The predicted octanol–water partition coefficient (Wildman–Crippen LogP) is 2.90. The Balaban J connectivity index is 1.67. The van der Waals surface area contributed by atoms with Crippen molar-refractivity contribution in [3.8, 4) is 0 Å². The molecule has 150 valence electrons. The van der Waals surface area contributed by atoms with Crippen molar-refractivity contribution in [2.45, 2.75) is 32.9 Å². The maximum atomic E-state index is 13.7. The number of hydrogen-bond donors (Lipinski definition) is 1. The van der Waals surface area contributed by atoms with Crippen molar-refractivity contribution in [3.05, 3.63) is 53.1 Å². The van der Waals surface area contributed by atoms with Crippen LogP contribution >= 0.6 is 0 Å². The van der Waals surface area contributed by atoms with Crippen LogP contribution in [0.5, 0.6) is 0 Å². The van der Waals surface area contributed by atoms with Crippen LogP contribution in [0, 0.1) is 12.7 Å². The molecule has 1 saturated heterocycles. The third-order valence-electron chi connectivity index (χ3n) is 5.19. The molecular weight excluding hydrogens is 361 g/mol. The van der Waals surface area contributed by atoms with E-state index in [1.165, 1.54) is 6.07 Å². The van der Waals surface area contributed by atoms with E-state index >= 15 is 0 Å². The van der Waals surface area contributed by atoms with E-state index in [4.69, 9.17) is 4.74 Å². The van der Waals surface area contributed by atoms with Crippen LogP contribution in [0.2, 0.25) is 0 Å². The molecule has 1 N–H and O–H groups in total. The summed E-state index contributed by atoms with van der Waals surface area (Å²) in [5.74, 6) is -0.485. The number of halogens is 1. The summed E-state index contributed by atoms with van der Waals surface area (Å²) in [5.41, 5.74) is 2.61. The van der Waals surface area contributed by atoms with Crippen molar-refractivity contribution >= 4 is 17.4 Å². The van der Waals surface area contributed by atoms with E-state index in [9.17, 15) is 14.0 Å². The molecule has 1 amide bonds. The normalized spacial score (nSPS) is 17.5. The average molecular weight is 387 g/mol. The Morgan fingerprint density at radius 1 is 1.36 bits per heavy atom. The van der Waals surface area contributed by atoms with Crippen molar-refractivity contribution in [1.29, 1.82) is 0 Å². The van der Waals surface area contributed by atoms with Gasteiger partial charge in [0.25, 0.3) is 0 Å². The number of nitrogens with zero attached hydrogens (tertiary/aromatic N) is 2. The fourth-order valence-electron chi connectivity index (χ4n) is 3.41. The molecule has 6 nitrogen and oxygen atoms in total. The smallest absolute Gasteiger partial charge is 0.226 e. The number of anilines is 1. The molecule has 0 saturated carbocycles. The lowest BCUT2D eigenvalue weighted by Gasteiger charge is -2.35. The molecular formula is C21H26FN3O3. The number of rotatable bonds is 6. The van der Waals surface area contributed by atoms with Gasteiger partial charge in [-0.1, -0.05) is 6.07 Å². The number of hydrogen-bond acceptors (Lipinski definition) is 4. The van der Waals surface area contributed by atoms with Gasteiger partial charge in [-0.15, -0.1) is 0 Å². The SMILES string of the molecule is CC(=O)c1cc(CN2CCOC[C@H]2CC(=O)Nc2cccc(F)c2C)n(C)c1. The van der Waals surface area contributed by atoms with Crippen LogP contribution in [0.15, 0.2) is 30.5 Å². The summed E-state index contributed by atoms with van der Waals surface area (Å²) in [6.45, 7) is 5.59. The van der Waals surface area contributed by atoms with E-state index in [1.807, 2.05) is 23.9 Å². The van der Waals surface area contributed by atoms with Crippen LogP contribution in [0.1, 0.15) is 35.0 Å². The summed E-state index contributed by atoms with van der Waals surface area (Å²) in [5, 5.41) is 2.80. The number of nitrogens with one attached hydrogen (secondary N) is 1. The number of benzene rings is 1. The zero-order valence-corrected chi connectivity index (χ0v) is 16.5. The Kier molecular flexibility index (Phi) is 6.26. The zero-order chi connectivity index (χ0) is 20.3. The number of morpholine rings is 1. The quantitative estimate of drug-likeness (QED) is 0.774. The summed E-state index contributed by atoms with van der Waals surface area (Å²) < 4.78 is 21.2. The van der Waals surface area contributed by atoms with Gasteiger partial charge < -0.3 is 14.6 Å². The van der Waals surface area contributed by atoms with Gasteiger partial charge in [-0.05, 0) is 32.0 Å². The van der Waals surface area contributed by atoms with Gasteiger partial charge in [-0.2, -0.15) is 0 Å². The highest BCUT2D eigenvalue weighted by molar-refractivity contribution is 5.94. The molecule has 3 rings (SSSR count). The van der Waals surface area contributed by atoms with Gasteiger partial charge in [0.15, 0.2) is 5.78 Å². The molecule has 0 unspecified atom stereocenters. The van der Waals surface area contributed by atoms with Crippen molar-refractivity contribution in [2.75, 3.05) is 25.1 Å². The molecule has 1 aliphatic rings. The molecule has 7 heteroatoms. The van der Waals surface area contributed by atoms with Crippen molar-refractivity contribution in [2.24, 2.45) is 7.05 Å². The van der Waals surface area contributed by atoms with Crippen LogP contribution in [0.3, 0.4) is 0 Å². The van der Waals surface area contributed by atoms with Crippen LogP contribution in [-0.2, 0) is 23.1 Å². The van der Waals surface area contributed by atoms with Gasteiger partial charge in [0.1, 0.15) is 5.82 Å². The van der Waals surface area contributed by atoms with Gasteiger partial charge in [0.2, 0.25) is 5.91 Å². The van der Waals surface area contributed by atoms with E-state index in [1.54, 1.807) is 26.0 Å². The number of ether oxygens (including phenoxy) is 1. The first kappa shape index (κ1) is 20.2. The van der Waals surface area contributed by atoms with Gasteiger partial charge in [-0.3, -0.25) is 14.5 Å². The first-order valence-electron chi connectivity index (χ1n) is 9.38. The lowest BCUT2D eigenvalue weighted by Crippen LogP contribution is -2.46. The Bertz CT molecular complexity index is 878. The maximum Gasteiger partial charge on any atom is 0.226 e. The summed E-state index contributed by atoms with van der Waals surface area (Å²) >= 11 is 0. The Morgan fingerprint density at radius 3 is 2.86 bits per heavy atom. The van der Waals surface area contributed by atoms with Crippen LogP contribution in [-0.4, -0.2) is 47.0 Å². The van der Waals surface area contributed by atoms with Gasteiger partial charge in [0, 0.05) is 61.3 Å². The lowest BCUT2D eigenvalue weighted by atomic mass is 10.1. The van der Waals surface area contributed by atoms with E-state index in [2.05, 4.69) is 10.2 Å². The topological polar surface area (TPSA) is 63.6 Å². The Hall–Kier alpha value is -2.51. The molecule has 0 radical (unpaired) electrons. The number of aryl methyl sites for hydroxylation is 1. The minimum absolute atomic E-state index is 0.0326. The largest absolute Gasteiger partial charge is 0.378 e. The first-order valence-corrected chi connectivity index (χ1v) is 9.38. The van der Waals surface area contributed by atoms with Crippen molar-refractivity contribution in [1.82, 2.24) is 9.47 Å². The molecule has 2 heterocycles. The summed E-state index contributed by atoms with van der Waals surface area (Å²) in [4.78, 5) is 26.3. The van der Waals surface area contributed by atoms with Gasteiger partial charge >= 0.3 is 0 Å². The van der Waals surface area contributed by atoms with Crippen LogP contribution in [0.25, 0.3) is 0 Å². The Labute approximate surface area is 164 Å². The molecule has 0 spiro atoms. The second-order valence-electron chi connectivity index (χ2n) is 7.25. The number of aromatic nitrogens is 1. The minimum Gasteiger partial charge on any atom is -0.378 e. The third kappa shape index (κ3) is 4.66. The number of amides is 1. The summed E-state index contributed by atoms with van der Waals surface area (Å²) in [6, 6.07) is 6.45. The summed E-state index contributed by atoms with van der Waals surface area (Å²) in [7, 11) is 1.91. The van der Waals surface area contributed by atoms with Crippen molar-refractivity contribution in [3.63, 3.8) is 0 Å². The molecule has 1 aliphatic heterocycles. The van der Waals surface area contributed by atoms with E-state index in [0.717, 1.165) is 5.69 Å². The maximum absolute atomic E-state index is 13.7. The fourth-order valence-corrected chi connectivity index (χ4v) is 3.41.